The fraction of sp³-hybridized carbons (Fsp3) is 0.500. The van der Waals surface area contributed by atoms with Crippen molar-refractivity contribution < 1.29 is 9.47 Å². The van der Waals surface area contributed by atoms with E-state index in [0.717, 1.165) is 0 Å². The summed E-state index contributed by atoms with van der Waals surface area (Å²) < 4.78 is 11.5. The molecule has 0 aliphatic carbocycles. The van der Waals surface area contributed by atoms with Gasteiger partial charge in [0.25, 0.3) is 0 Å². The first-order chi connectivity index (χ1) is 8.47. The molecule has 1 aromatic carbocycles. The Kier molecular flexibility index (Phi) is 3.76. The third kappa shape index (κ3) is 3.14. The second-order valence-corrected chi connectivity index (χ2v) is 6.01. The van der Waals surface area contributed by atoms with Gasteiger partial charge in [-0.1, -0.05) is 50.6 Å². The van der Waals surface area contributed by atoms with Gasteiger partial charge in [0, 0.05) is 11.3 Å². The highest BCUT2D eigenvalue weighted by atomic mass is 16.7. The first-order valence-corrected chi connectivity index (χ1v) is 6.47. The van der Waals surface area contributed by atoms with Gasteiger partial charge >= 0.3 is 0 Å². The van der Waals surface area contributed by atoms with E-state index in [4.69, 9.17) is 9.47 Å². The molecule has 0 bridgehead atoms. The van der Waals surface area contributed by atoms with Gasteiger partial charge in [-0.15, -0.1) is 0 Å². The average molecular weight is 246 g/mol. The molecule has 0 spiro atoms. The standard InChI is InChI=1S/C16H22O2/c1-12-5-7-13(8-6-12)14-9-10-17-15(18-11-14)16(2,3)4/h5-10,14-15H,11H2,1-4H3. The van der Waals surface area contributed by atoms with Gasteiger partial charge < -0.3 is 9.47 Å². The topological polar surface area (TPSA) is 18.5 Å². The molecule has 1 aromatic rings. The van der Waals surface area contributed by atoms with Crippen LogP contribution in [0.3, 0.4) is 0 Å². The minimum absolute atomic E-state index is 0.00743. The molecule has 0 saturated heterocycles. The van der Waals surface area contributed by atoms with Gasteiger partial charge in [0.1, 0.15) is 0 Å². The lowest BCUT2D eigenvalue weighted by Crippen LogP contribution is -2.30. The molecule has 1 aliphatic rings. The third-order valence-corrected chi connectivity index (χ3v) is 3.15. The molecule has 2 nitrogen and oxygen atoms in total. The van der Waals surface area contributed by atoms with E-state index in [1.54, 1.807) is 6.26 Å². The average Bonchev–Trinajstić information content (AvgIpc) is 2.55. The Labute approximate surface area is 110 Å². The first kappa shape index (κ1) is 13.2. The highest BCUT2D eigenvalue weighted by Crippen LogP contribution is 2.29. The van der Waals surface area contributed by atoms with Gasteiger partial charge in [-0.3, -0.25) is 0 Å². The Bertz CT molecular complexity index is 412. The van der Waals surface area contributed by atoms with Gasteiger partial charge in [0.15, 0.2) is 0 Å². The molecule has 1 heterocycles. The molecule has 0 amide bonds. The second-order valence-electron chi connectivity index (χ2n) is 6.01. The van der Waals surface area contributed by atoms with E-state index in [9.17, 15) is 0 Å². The van der Waals surface area contributed by atoms with E-state index >= 15 is 0 Å². The smallest absolute Gasteiger partial charge is 0.203 e. The zero-order valence-electron chi connectivity index (χ0n) is 11.6. The quantitative estimate of drug-likeness (QED) is 0.745. The first-order valence-electron chi connectivity index (χ1n) is 6.47. The summed E-state index contributed by atoms with van der Waals surface area (Å²) in [7, 11) is 0. The minimum Gasteiger partial charge on any atom is -0.472 e. The van der Waals surface area contributed by atoms with Crippen LogP contribution < -0.4 is 0 Å². The second kappa shape index (κ2) is 5.15. The minimum atomic E-state index is -0.177. The number of aryl methyl sites for hydroxylation is 1. The van der Waals surface area contributed by atoms with Crippen molar-refractivity contribution in [2.24, 2.45) is 5.41 Å². The Morgan fingerprint density at radius 2 is 1.78 bits per heavy atom. The lowest BCUT2D eigenvalue weighted by atomic mass is 9.96. The van der Waals surface area contributed by atoms with Crippen molar-refractivity contribution in [1.82, 2.24) is 0 Å². The Hall–Kier alpha value is -1.28. The van der Waals surface area contributed by atoms with Crippen LogP contribution in [0.2, 0.25) is 0 Å². The zero-order valence-corrected chi connectivity index (χ0v) is 11.6. The molecule has 0 aromatic heterocycles. The normalized spacial score (nSPS) is 24.4. The van der Waals surface area contributed by atoms with Crippen molar-refractivity contribution in [3.05, 3.63) is 47.7 Å². The fourth-order valence-corrected chi connectivity index (χ4v) is 1.97. The Morgan fingerprint density at radius 3 is 2.39 bits per heavy atom. The van der Waals surface area contributed by atoms with E-state index in [2.05, 4.69) is 58.0 Å². The van der Waals surface area contributed by atoms with Crippen LogP contribution in [-0.2, 0) is 9.47 Å². The maximum Gasteiger partial charge on any atom is 0.203 e. The summed E-state index contributed by atoms with van der Waals surface area (Å²) in [6, 6.07) is 8.59. The molecule has 2 atom stereocenters. The Balaban J connectivity index is 2.08. The monoisotopic (exact) mass is 246 g/mol. The highest BCUT2D eigenvalue weighted by Gasteiger charge is 2.28. The van der Waals surface area contributed by atoms with Crippen molar-refractivity contribution in [1.29, 1.82) is 0 Å². The number of hydrogen-bond acceptors (Lipinski definition) is 2. The van der Waals surface area contributed by atoms with Crippen LogP contribution in [0.15, 0.2) is 36.6 Å². The summed E-state index contributed by atoms with van der Waals surface area (Å²) >= 11 is 0. The predicted octanol–water partition coefficient (Wildman–Crippen LogP) is 4.01. The Morgan fingerprint density at radius 1 is 1.11 bits per heavy atom. The highest BCUT2D eigenvalue weighted by molar-refractivity contribution is 5.27. The van der Waals surface area contributed by atoms with E-state index < -0.39 is 0 Å². The molecule has 2 rings (SSSR count). The lowest BCUT2D eigenvalue weighted by molar-refractivity contribution is -0.159. The van der Waals surface area contributed by atoms with Gasteiger partial charge in [-0.2, -0.15) is 0 Å². The summed E-state index contributed by atoms with van der Waals surface area (Å²) in [5.41, 5.74) is 2.54. The predicted molar refractivity (Wildman–Crippen MR) is 73.3 cm³/mol. The van der Waals surface area contributed by atoms with Crippen LogP contribution in [-0.4, -0.2) is 12.9 Å². The number of hydrogen-bond donors (Lipinski definition) is 0. The zero-order chi connectivity index (χ0) is 13.2. The van der Waals surface area contributed by atoms with E-state index in [-0.39, 0.29) is 17.6 Å². The van der Waals surface area contributed by atoms with Gasteiger partial charge in [-0.05, 0) is 18.6 Å². The summed E-state index contributed by atoms with van der Waals surface area (Å²) in [4.78, 5) is 0. The molecule has 0 fully saturated rings. The summed E-state index contributed by atoms with van der Waals surface area (Å²) in [6.07, 6.45) is 3.69. The van der Waals surface area contributed by atoms with Crippen molar-refractivity contribution in [2.45, 2.75) is 39.9 Å². The lowest BCUT2D eigenvalue weighted by Gasteiger charge is -2.28. The number of ether oxygens (including phenoxy) is 2. The molecule has 0 N–H and O–H groups in total. The van der Waals surface area contributed by atoms with Gasteiger partial charge in [0.05, 0.1) is 12.9 Å². The number of benzene rings is 1. The molecule has 2 heteroatoms. The van der Waals surface area contributed by atoms with Crippen molar-refractivity contribution >= 4 is 0 Å². The SMILES string of the molecule is Cc1ccc(C2C=COC(C(C)(C)C)OC2)cc1. The van der Waals surface area contributed by atoms with Crippen molar-refractivity contribution in [3.63, 3.8) is 0 Å². The fourth-order valence-electron chi connectivity index (χ4n) is 1.97. The molecule has 18 heavy (non-hydrogen) atoms. The summed E-state index contributed by atoms with van der Waals surface area (Å²) in [5, 5.41) is 0. The largest absolute Gasteiger partial charge is 0.472 e. The van der Waals surface area contributed by atoms with E-state index in [1.165, 1.54) is 11.1 Å². The van der Waals surface area contributed by atoms with Crippen LogP contribution in [0.4, 0.5) is 0 Å². The molecule has 1 aliphatic heterocycles. The molecular formula is C16H22O2. The molecule has 2 unspecified atom stereocenters. The third-order valence-electron chi connectivity index (χ3n) is 3.15. The summed E-state index contributed by atoms with van der Waals surface area (Å²) in [6.45, 7) is 9.14. The molecule has 98 valence electrons. The van der Waals surface area contributed by atoms with Crippen LogP contribution in [0.25, 0.3) is 0 Å². The van der Waals surface area contributed by atoms with E-state index in [1.807, 2.05) is 0 Å². The molecule has 0 radical (unpaired) electrons. The number of rotatable bonds is 1. The molecule has 0 saturated carbocycles. The van der Waals surface area contributed by atoms with Crippen molar-refractivity contribution in [3.8, 4) is 0 Å². The summed E-state index contributed by atoms with van der Waals surface area (Å²) in [5.74, 6) is 0.276. The maximum absolute atomic E-state index is 5.88. The van der Waals surface area contributed by atoms with Crippen LogP contribution in [0.5, 0.6) is 0 Å². The maximum atomic E-state index is 5.88. The van der Waals surface area contributed by atoms with Crippen LogP contribution >= 0.6 is 0 Å². The molecular weight excluding hydrogens is 224 g/mol. The van der Waals surface area contributed by atoms with E-state index in [0.29, 0.717) is 6.61 Å². The van der Waals surface area contributed by atoms with Crippen LogP contribution in [0, 0.1) is 12.3 Å². The van der Waals surface area contributed by atoms with Gasteiger partial charge in [-0.25, -0.2) is 0 Å². The van der Waals surface area contributed by atoms with Crippen molar-refractivity contribution in [2.75, 3.05) is 6.61 Å². The van der Waals surface area contributed by atoms with Gasteiger partial charge in [0.2, 0.25) is 6.29 Å². The van der Waals surface area contributed by atoms with Crippen LogP contribution in [0.1, 0.15) is 37.8 Å².